The van der Waals surface area contributed by atoms with E-state index >= 15 is 0 Å². The average Bonchev–Trinajstić information content (AvgIpc) is 3.16. The summed E-state index contributed by atoms with van der Waals surface area (Å²) < 4.78 is 0. The Bertz CT molecular complexity index is 692. The third-order valence-corrected chi connectivity index (χ3v) is 5.55. The van der Waals surface area contributed by atoms with Crippen LogP contribution in [0.2, 0.25) is 5.02 Å². The number of rotatable bonds is 6. The summed E-state index contributed by atoms with van der Waals surface area (Å²) in [5.74, 6) is 0. The third-order valence-electron chi connectivity index (χ3n) is 3.12. The molecule has 0 aliphatic heterocycles. The maximum atomic E-state index is 6.14. The molecule has 3 rings (SSSR count). The van der Waals surface area contributed by atoms with Crippen molar-refractivity contribution in [3.8, 4) is 9.75 Å². The first-order valence-corrected chi connectivity index (χ1v) is 8.83. The molecule has 2 nitrogen and oxygen atoms in total. The summed E-state index contributed by atoms with van der Waals surface area (Å²) in [4.78, 5) is 7.00. The van der Waals surface area contributed by atoms with Crippen molar-refractivity contribution in [2.75, 3.05) is 6.54 Å². The quantitative estimate of drug-likeness (QED) is 0.651. The zero-order chi connectivity index (χ0) is 14.5. The lowest BCUT2D eigenvalue weighted by atomic mass is 10.1. The highest BCUT2D eigenvalue weighted by Gasteiger charge is 2.05. The van der Waals surface area contributed by atoms with E-state index in [4.69, 9.17) is 11.6 Å². The van der Waals surface area contributed by atoms with Crippen molar-refractivity contribution < 1.29 is 0 Å². The van der Waals surface area contributed by atoms with Crippen molar-refractivity contribution in [3.05, 3.63) is 63.6 Å². The number of hydrogen-bond acceptors (Lipinski definition) is 4. The zero-order valence-electron chi connectivity index (χ0n) is 11.4. The molecule has 0 amide bonds. The number of halogens is 1. The molecule has 0 aliphatic carbocycles. The second kappa shape index (κ2) is 7.18. The Kier molecular flexibility index (Phi) is 5.04. The number of hydrogen-bond donors (Lipinski definition) is 1. The van der Waals surface area contributed by atoms with Crippen LogP contribution in [-0.2, 0) is 13.0 Å². The Balaban J connectivity index is 1.49. The van der Waals surface area contributed by atoms with Crippen LogP contribution in [-0.4, -0.2) is 11.5 Å². The number of thiazole rings is 1. The normalized spacial score (nSPS) is 10.9. The predicted octanol–water partition coefficient (Wildman–Crippen LogP) is 4.86. The van der Waals surface area contributed by atoms with E-state index < -0.39 is 0 Å². The minimum absolute atomic E-state index is 0.806. The Morgan fingerprint density at radius 1 is 1.10 bits per heavy atom. The van der Waals surface area contributed by atoms with Gasteiger partial charge in [0.15, 0.2) is 0 Å². The second-order valence-electron chi connectivity index (χ2n) is 4.61. The second-order valence-corrected chi connectivity index (χ2v) is 7.08. The van der Waals surface area contributed by atoms with Crippen molar-refractivity contribution in [1.29, 1.82) is 0 Å². The van der Waals surface area contributed by atoms with Crippen LogP contribution >= 0.6 is 34.3 Å². The van der Waals surface area contributed by atoms with Crippen molar-refractivity contribution in [1.82, 2.24) is 10.3 Å². The molecule has 2 heterocycles. The van der Waals surface area contributed by atoms with Crippen LogP contribution in [0.25, 0.3) is 9.75 Å². The van der Waals surface area contributed by atoms with E-state index in [1.807, 2.05) is 24.4 Å². The van der Waals surface area contributed by atoms with Gasteiger partial charge in [0.05, 0.1) is 4.88 Å². The number of nitrogens with one attached hydrogen (secondary N) is 1. The lowest BCUT2D eigenvalue weighted by molar-refractivity contribution is 0.684. The topological polar surface area (TPSA) is 24.9 Å². The summed E-state index contributed by atoms with van der Waals surface area (Å²) in [6.45, 7) is 1.71. The van der Waals surface area contributed by atoms with Gasteiger partial charge in [0, 0.05) is 22.6 Å². The molecule has 0 fully saturated rings. The molecule has 1 N–H and O–H groups in total. The molecule has 1 aromatic carbocycles. The van der Waals surface area contributed by atoms with Crippen LogP contribution in [0.15, 0.2) is 48.0 Å². The van der Waals surface area contributed by atoms with Crippen LogP contribution < -0.4 is 5.32 Å². The largest absolute Gasteiger partial charge is 0.310 e. The fraction of sp³-hybridized carbons (Fsp3) is 0.188. The molecule has 0 bridgehead atoms. The monoisotopic (exact) mass is 334 g/mol. The van der Waals surface area contributed by atoms with Gasteiger partial charge in [0.25, 0.3) is 0 Å². The summed E-state index contributed by atoms with van der Waals surface area (Å²) in [6, 6.07) is 12.2. The SMILES string of the molecule is Clc1ccccc1CCNCc1ncc(-c2cccs2)s1. The molecule has 0 spiro atoms. The molecule has 0 saturated heterocycles. The lowest BCUT2D eigenvalue weighted by Crippen LogP contribution is -2.16. The highest BCUT2D eigenvalue weighted by molar-refractivity contribution is 7.21. The molecule has 0 radical (unpaired) electrons. The van der Waals surface area contributed by atoms with Crippen LogP contribution in [0.5, 0.6) is 0 Å². The Labute approximate surface area is 137 Å². The molecule has 0 unspecified atom stereocenters. The minimum Gasteiger partial charge on any atom is -0.310 e. The van der Waals surface area contributed by atoms with Crippen molar-refractivity contribution >= 4 is 34.3 Å². The molecule has 21 heavy (non-hydrogen) atoms. The summed E-state index contributed by atoms with van der Waals surface area (Å²) in [7, 11) is 0. The van der Waals surface area contributed by atoms with Crippen LogP contribution in [0.4, 0.5) is 0 Å². The molecule has 0 aliphatic rings. The fourth-order valence-corrected chi connectivity index (χ4v) is 3.98. The highest BCUT2D eigenvalue weighted by atomic mass is 35.5. The van der Waals surface area contributed by atoms with Gasteiger partial charge in [-0.2, -0.15) is 0 Å². The molecular formula is C16H15ClN2S2. The van der Waals surface area contributed by atoms with Crippen LogP contribution in [0.1, 0.15) is 10.6 Å². The summed E-state index contributed by atoms with van der Waals surface area (Å²) in [5.41, 5.74) is 1.19. The van der Waals surface area contributed by atoms with Gasteiger partial charge in [-0.25, -0.2) is 4.98 Å². The molecule has 5 heteroatoms. The van der Waals surface area contributed by atoms with Gasteiger partial charge >= 0.3 is 0 Å². The van der Waals surface area contributed by atoms with Gasteiger partial charge in [-0.1, -0.05) is 35.9 Å². The van der Waals surface area contributed by atoms with E-state index in [1.54, 1.807) is 22.7 Å². The Morgan fingerprint density at radius 2 is 2.00 bits per heavy atom. The van der Waals surface area contributed by atoms with Crippen molar-refractivity contribution in [3.63, 3.8) is 0 Å². The van der Waals surface area contributed by atoms with E-state index in [9.17, 15) is 0 Å². The number of thiophene rings is 1. The first kappa shape index (κ1) is 14.7. The number of nitrogens with zero attached hydrogens (tertiary/aromatic N) is 1. The van der Waals surface area contributed by atoms with Gasteiger partial charge < -0.3 is 5.32 Å². The Hall–Kier alpha value is -1.20. The number of aromatic nitrogens is 1. The predicted molar refractivity (Wildman–Crippen MR) is 92.3 cm³/mol. The standard InChI is InChI=1S/C16H15ClN2S2/c17-13-5-2-1-4-12(13)7-8-18-11-16-19-10-15(21-16)14-6-3-9-20-14/h1-6,9-10,18H,7-8,11H2. The van der Waals surface area contributed by atoms with E-state index in [0.717, 1.165) is 29.5 Å². The molecule has 0 atom stereocenters. The number of benzene rings is 1. The summed E-state index contributed by atoms with van der Waals surface area (Å²) in [6.07, 6.45) is 2.89. The third kappa shape index (κ3) is 3.92. The van der Waals surface area contributed by atoms with Crippen LogP contribution in [0, 0.1) is 0 Å². The van der Waals surface area contributed by atoms with Gasteiger partial charge in [-0.3, -0.25) is 0 Å². The average molecular weight is 335 g/mol. The van der Waals surface area contributed by atoms with Crippen molar-refractivity contribution in [2.45, 2.75) is 13.0 Å². The molecule has 2 aromatic heterocycles. The highest BCUT2D eigenvalue weighted by Crippen LogP contribution is 2.29. The molecular weight excluding hydrogens is 320 g/mol. The summed E-state index contributed by atoms with van der Waals surface area (Å²) in [5, 5.41) is 7.49. The van der Waals surface area contributed by atoms with E-state index in [2.05, 4.69) is 33.9 Å². The van der Waals surface area contributed by atoms with Gasteiger partial charge in [0.1, 0.15) is 5.01 Å². The zero-order valence-corrected chi connectivity index (χ0v) is 13.8. The maximum Gasteiger partial charge on any atom is 0.107 e. The fourth-order valence-electron chi connectivity index (χ4n) is 2.04. The van der Waals surface area contributed by atoms with Gasteiger partial charge in [-0.15, -0.1) is 22.7 Å². The molecule has 108 valence electrons. The van der Waals surface area contributed by atoms with Crippen LogP contribution in [0.3, 0.4) is 0 Å². The molecule has 0 saturated carbocycles. The first-order valence-electron chi connectivity index (χ1n) is 6.75. The van der Waals surface area contributed by atoms with Crippen molar-refractivity contribution in [2.24, 2.45) is 0 Å². The van der Waals surface area contributed by atoms with Gasteiger partial charge in [0.2, 0.25) is 0 Å². The Morgan fingerprint density at radius 3 is 2.81 bits per heavy atom. The van der Waals surface area contributed by atoms with E-state index in [0.29, 0.717) is 0 Å². The molecule has 3 aromatic rings. The minimum atomic E-state index is 0.806. The maximum absolute atomic E-state index is 6.14. The van der Waals surface area contributed by atoms with Gasteiger partial charge in [-0.05, 0) is 36.0 Å². The van der Waals surface area contributed by atoms with E-state index in [1.165, 1.54) is 15.3 Å². The smallest absolute Gasteiger partial charge is 0.107 e. The lowest BCUT2D eigenvalue weighted by Gasteiger charge is -2.04. The first-order chi connectivity index (χ1) is 10.3. The summed E-state index contributed by atoms with van der Waals surface area (Å²) >= 11 is 9.65. The van der Waals surface area contributed by atoms with E-state index in [-0.39, 0.29) is 0 Å².